The summed E-state index contributed by atoms with van der Waals surface area (Å²) in [6.07, 6.45) is 1.60. The van der Waals surface area contributed by atoms with Crippen molar-refractivity contribution in [3.05, 3.63) is 58.9 Å². The number of aromatic nitrogens is 1. The van der Waals surface area contributed by atoms with E-state index in [9.17, 15) is 9.59 Å². The Morgan fingerprint density at radius 3 is 2.28 bits per heavy atom. The van der Waals surface area contributed by atoms with Crippen LogP contribution < -0.4 is 4.74 Å². The van der Waals surface area contributed by atoms with Gasteiger partial charge in [0.1, 0.15) is 11.4 Å². The van der Waals surface area contributed by atoms with Gasteiger partial charge in [-0.2, -0.15) is 0 Å². The number of rotatable bonds is 3. The lowest BCUT2D eigenvalue weighted by molar-refractivity contribution is 0.0532. The van der Waals surface area contributed by atoms with E-state index in [1.807, 2.05) is 0 Å². The van der Waals surface area contributed by atoms with Gasteiger partial charge in [-0.05, 0) is 30.3 Å². The zero-order chi connectivity index (χ0) is 17.8. The molecule has 25 heavy (non-hydrogen) atoms. The largest absolute Gasteiger partial charge is 0.495 e. The van der Waals surface area contributed by atoms with Crippen molar-refractivity contribution in [2.75, 3.05) is 33.3 Å². The molecule has 1 saturated heterocycles. The maximum atomic E-state index is 12.6. The Balaban J connectivity index is 1.63. The lowest BCUT2D eigenvalue weighted by atomic mass is 10.1. The Kier molecular flexibility index (Phi) is 5.19. The van der Waals surface area contributed by atoms with E-state index in [2.05, 4.69) is 4.98 Å². The molecular formula is C18H18ClN3O3. The Bertz CT molecular complexity index is 774. The van der Waals surface area contributed by atoms with E-state index in [0.717, 1.165) is 0 Å². The van der Waals surface area contributed by atoms with Crippen LogP contribution in [0.4, 0.5) is 0 Å². The summed E-state index contributed by atoms with van der Waals surface area (Å²) < 4.78 is 5.10. The average molecular weight is 360 g/mol. The molecule has 0 radical (unpaired) electrons. The van der Waals surface area contributed by atoms with Crippen LogP contribution in [0.25, 0.3) is 0 Å². The quantitative estimate of drug-likeness (QED) is 0.843. The van der Waals surface area contributed by atoms with Gasteiger partial charge < -0.3 is 14.5 Å². The van der Waals surface area contributed by atoms with E-state index >= 15 is 0 Å². The van der Waals surface area contributed by atoms with E-state index in [0.29, 0.717) is 48.2 Å². The second-order valence-electron chi connectivity index (χ2n) is 5.65. The predicted molar refractivity (Wildman–Crippen MR) is 94.0 cm³/mol. The average Bonchev–Trinajstić information content (AvgIpc) is 2.67. The third kappa shape index (κ3) is 3.74. The van der Waals surface area contributed by atoms with Crippen molar-refractivity contribution in [2.24, 2.45) is 0 Å². The number of amides is 2. The molecule has 1 aromatic carbocycles. The summed E-state index contributed by atoms with van der Waals surface area (Å²) in [6.45, 7) is 1.90. The number of pyridine rings is 1. The number of hydrogen-bond acceptors (Lipinski definition) is 4. The Morgan fingerprint density at radius 2 is 1.72 bits per heavy atom. The van der Waals surface area contributed by atoms with E-state index < -0.39 is 0 Å². The molecule has 6 nitrogen and oxygen atoms in total. The number of benzene rings is 1. The fraction of sp³-hybridized carbons (Fsp3) is 0.278. The number of halogens is 1. The topological polar surface area (TPSA) is 62.7 Å². The second-order valence-corrected chi connectivity index (χ2v) is 6.06. The van der Waals surface area contributed by atoms with Gasteiger partial charge in [-0.3, -0.25) is 14.6 Å². The molecule has 0 spiro atoms. The minimum Gasteiger partial charge on any atom is -0.495 e. The molecule has 2 amide bonds. The first-order valence-corrected chi connectivity index (χ1v) is 8.31. The molecule has 3 rings (SSSR count). The van der Waals surface area contributed by atoms with Crippen molar-refractivity contribution >= 4 is 23.4 Å². The number of ether oxygens (including phenoxy) is 1. The monoisotopic (exact) mass is 359 g/mol. The van der Waals surface area contributed by atoms with E-state index in [4.69, 9.17) is 16.3 Å². The highest BCUT2D eigenvalue weighted by atomic mass is 35.5. The highest BCUT2D eigenvalue weighted by Gasteiger charge is 2.26. The molecule has 0 N–H and O–H groups in total. The van der Waals surface area contributed by atoms with Crippen molar-refractivity contribution in [3.63, 3.8) is 0 Å². The molecule has 1 aromatic heterocycles. The zero-order valence-corrected chi connectivity index (χ0v) is 14.6. The number of carbonyl (C=O) groups excluding carboxylic acids is 2. The van der Waals surface area contributed by atoms with Crippen LogP contribution in [0.2, 0.25) is 5.02 Å². The fourth-order valence-corrected chi connectivity index (χ4v) is 3.00. The van der Waals surface area contributed by atoms with Gasteiger partial charge in [0.2, 0.25) is 0 Å². The Hall–Kier alpha value is -2.60. The molecule has 0 unspecified atom stereocenters. The van der Waals surface area contributed by atoms with Gasteiger partial charge in [0.05, 0.1) is 12.1 Å². The molecule has 0 saturated carbocycles. The summed E-state index contributed by atoms with van der Waals surface area (Å²) in [5.41, 5.74) is 0.930. The van der Waals surface area contributed by atoms with E-state index in [-0.39, 0.29) is 11.8 Å². The molecule has 2 aromatic rings. The minimum atomic E-state index is -0.111. The lowest BCUT2D eigenvalue weighted by Crippen LogP contribution is -2.50. The van der Waals surface area contributed by atoms with Gasteiger partial charge in [0.15, 0.2) is 0 Å². The molecule has 1 fully saturated rings. The van der Waals surface area contributed by atoms with Gasteiger partial charge in [-0.1, -0.05) is 17.7 Å². The third-order valence-electron chi connectivity index (χ3n) is 4.14. The predicted octanol–water partition coefficient (Wildman–Crippen LogP) is 2.34. The van der Waals surface area contributed by atoms with Gasteiger partial charge in [0, 0.05) is 37.9 Å². The van der Waals surface area contributed by atoms with Crippen LogP contribution in [0.15, 0.2) is 42.6 Å². The minimum absolute atomic E-state index is 0.102. The Morgan fingerprint density at radius 1 is 1.04 bits per heavy atom. The van der Waals surface area contributed by atoms with Crippen molar-refractivity contribution in [2.45, 2.75) is 0 Å². The highest BCUT2D eigenvalue weighted by Crippen LogP contribution is 2.25. The summed E-state index contributed by atoms with van der Waals surface area (Å²) in [5, 5.41) is 0.400. The van der Waals surface area contributed by atoms with Crippen molar-refractivity contribution < 1.29 is 14.3 Å². The molecule has 130 valence electrons. The summed E-state index contributed by atoms with van der Waals surface area (Å²) in [5.74, 6) is 0.318. The summed E-state index contributed by atoms with van der Waals surface area (Å²) >= 11 is 6.09. The number of hydrogen-bond donors (Lipinski definition) is 0. The van der Waals surface area contributed by atoms with Gasteiger partial charge >= 0.3 is 0 Å². The first-order chi connectivity index (χ1) is 12.1. The molecule has 0 aliphatic carbocycles. The van der Waals surface area contributed by atoms with Gasteiger partial charge in [0.25, 0.3) is 11.8 Å². The van der Waals surface area contributed by atoms with E-state index in [1.165, 1.54) is 7.11 Å². The molecule has 0 bridgehead atoms. The maximum absolute atomic E-state index is 12.6. The number of piperazine rings is 1. The van der Waals surface area contributed by atoms with Crippen LogP contribution in [-0.2, 0) is 0 Å². The molecule has 0 atom stereocenters. The lowest BCUT2D eigenvalue weighted by Gasteiger charge is -2.34. The van der Waals surface area contributed by atoms with Crippen LogP contribution in [0.3, 0.4) is 0 Å². The molecule has 7 heteroatoms. The SMILES string of the molecule is COc1ccc(C(=O)N2CCN(C(=O)c3ccccn3)CC2)cc1Cl. The number of methoxy groups -OCH3 is 1. The second kappa shape index (κ2) is 7.53. The molecular weight excluding hydrogens is 342 g/mol. The van der Waals surface area contributed by atoms with Crippen LogP contribution >= 0.6 is 11.6 Å². The van der Waals surface area contributed by atoms with E-state index in [1.54, 1.807) is 52.4 Å². The summed E-state index contributed by atoms with van der Waals surface area (Å²) in [4.78, 5) is 32.5. The van der Waals surface area contributed by atoms with Crippen molar-refractivity contribution in [3.8, 4) is 5.75 Å². The zero-order valence-electron chi connectivity index (χ0n) is 13.8. The number of carbonyl (C=O) groups is 2. The molecule has 1 aliphatic rings. The smallest absolute Gasteiger partial charge is 0.272 e. The standard InChI is InChI=1S/C18H18ClN3O3/c1-25-16-6-5-13(12-14(16)19)17(23)21-8-10-22(11-9-21)18(24)15-4-2-3-7-20-15/h2-7,12H,8-11H2,1H3. The van der Waals surface area contributed by atoms with Gasteiger partial charge in [-0.15, -0.1) is 0 Å². The first-order valence-electron chi connectivity index (χ1n) is 7.93. The fourth-order valence-electron chi connectivity index (χ4n) is 2.75. The maximum Gasteiger partial charge on any atom is 0.272 e. The first kappa shape index (κ1) is 17.2. The molecule has 2 heterocycles. The Labute approximate surface area is 151 Å². The van der Waals surface area contributed by atoms with Crippen LogP contribution in [0.5, 0.6) is 5.75 Å². The normalized spacial score (nSPS) is 14.3. The van der Waals surface area contributed by atoms with Gasteiger partial charge in [-0.25, -0.2) is 0 Å². The van der Waals surface area contributed by atoms with Crippen molar-refractivity contribution in [1.29, 1.82) is 0 Å². The molecule has 1 aliphatic heterocycles. The van der Waals surface area contributed by atoms with Crippen LogP contribution in [0.1, 0.15) is 20.8 Å². The summed E-state index contributed by atoms with van der Waals surface area (Å²) in [6, 6.07) is 10.2. The third-order valence-corrected chi connectivity index (χ3v) is 4.43. The highest BCUT2D eigenvalue weighted by molar-refractivity contribution is 6.32. The van der Waals surface area contributed by atoms with Crippen LogP contribution in [-0.4, -0.2) is 59.9 Å². The van der Waals surface area contributed by atoms with Crippen LogP contribution in [0, 0.1) is 0 Å². The number of nitrogens with zero attached hydrogens (tertiary/aromatic N) is 3. The summed E-state index contributed by atoms with van der Waals surface area (Å²) in [7, 11) is 1.53. The van der Waals surface area contributed by atoms with Crippen molar-refractivity contribution in [1.82, 2.24) is 14.8 Å².